The Bertz CT molecular complexity index is 754. The second kappa shape index (κ2) is 8.62. The minimum absolute atomic E-state index is 0.174. The SMILES string of the molecule is CCOc1ncccc1NC(=O)C[C@H](NC(N)=O)c1ccccc1F. The molecule has 1 atom stereocenters. The molecule has 0 aliphatic carbocycles. The van der Waals surface area contributed by atoms with Gasteiger partial charge in [0.2, 0.25) is 11.8 Å². The number of urea groups is 1. The van der Waals surface area contributed by atoms with Gasteiger partial charge in [-0.2, -0.15) is 0 Å². The van der Waals surface area contributed by atoms with E-state index in [1.54, 1.807) is 25.1 Å². The smallest absolute Gasteiger partial charge is 0.312 e. The highest BCUT2D eigenvalue weighted by Crippen LogP contribution is 2.24. The lowest BCUT2D eigenvalue weighted by Crippen LogP contribution is -2.35. The summed E-state index contributed by atoms with van der Waals surface area (Å²) in [4.78, 5) is 27.6. The van der Waals surface area contributed by atoms with Gasteiger partial charge in [0.25, 0.3) is 0 Å². The van der Waals surface area contributed by atoms with E-state index in [1.807, 2.05) is 0 Å². The average Bonchev–Trinajstić information content (AvgIpc) is 2.56. The van der Waals surface area contributed by atoms with Crippen LogP contribution in [0.3, 0.4) is 0 Å². The number of primary amides is 1. The van der Waals surface area contributed by atoms with Gasteiger partial charge < -0.3 is 21.1 Å². The van der Waals surface area contributed by atoms with Gasteiger partial charge in [-0.05, 0) is 25.1 Å². The van der Waals surface area contributed by atoms with Gasteiger partial charge in [-0.1, -0.05) is 18.2 Å². The van der Waals surface area contributed by atoms with Crippen LogP contribution in [0.25, 0.3) is 0 Å². The number of nitrogens with zero attached hydrogens (tertiary/aromatic N) is 1. The zero-order valence-corrected chi connectivity index (χ0v) is 13.7. The second-order valence-electron chi connectivity index (χ2n) is 5.12. The number of nitrogens with one attached hydrogen (secondary N) is 2. The Morgan fingerprint density at radius 3 is 2.72 bits per heavy atom. The van der Waals surface area contributed by atoms with Crippen LogP contribution >= 0.6 is 0 Å². The number of anilines is 1. The van der Waals surface area contributed by atoms with E-state index in [0.29, 0.717) is 12.3 Å². The lowest BCUT2D eigenvalue weighted by molar-refractivity contribution is -0.116. The third-order valence-corrected chi connectivity index (χ3v) is 3.31. The van der Waals surface area contributed by atoms with E-state index in [-0.39, 0.29) is 17.9 Å². The lowest BCUT2D eigenvalue weighted by Gasteiger charge is -2.18. The first kappa shape index (κ1) is 18.2. The van der Waals surface area contributed by atoms with Crippen molar-refractivity contribution in [2.24, 2.45) is 5.73 Å². The molecule has 25 heavy (non-hydrogen) atoms. The Morgan fingerprint density at radius 1 is 1.28 bits per heavy atom. The molecule has 1 aromatic heterocycles. The van der Waals surface area contributed by atoms with Crippen molar-refractivity contribution in [1.82, 2.24) is 10.3 Å². The maximum absolute atomic E-state index is 14.0. The summed E-state index contributed by atoms with van der Waals surface area (Å²) in [6.07, 6.45) is 1.34. The Labute approximate surface area is 144 Å². The van der Waals surface area contributed by atoms with E-state index in [2.05, 4.69) is 15.6 Å². The molecule has 1 heterocycles. The molecule has 132 valence electrons. The molecule has 4 N–H and O–H groups in total. The molecular weight excluding hydrogens is 327 g/mol. The fourth-order valence-electron chi connectivity index (χ4n) is 2.29. The van der Waals surface area contributed by atoms with Crippen molar-refractivity contribution >= 4 is 17.6 Å². The summed E-state index contributed by atoms with van der Waals surface area (Å²) in [7, 11) is 0. The molecule has 0 fully saturated rings. The van der Waals surface area contributed by atoms with Gasteiger partial charge in [-0.25, -0.2) is 14.2 Å². The van der Waals surface area contributed by atoms with Crippen molar-refractivity contribution in [2.45, 2.75) is 19.4 Å². The number of ether oxygens (including phenoxy) is 1. The van der Waals surface area contributed by atoms with Crippen LogP contribution in [0.2, 0.25) is 0 Å². The number of nitrogens with two attached hydrogens (primary N) is 1. The molecule has 1 aromatic carbocycles. The first-order chi connectivity index (χ1) is 12.0. The summed E-state index contributed by atoms with van der Waals surface area (Å²) in [6, 6.07) is 7.40. The summed E-state index contributed by atoms with van der Waals surface area (Å²) in [5.41, 5.74) is 5.70. The Morgan fingerprint density at radius 2 is 2.04 bits per heavy atom. The van der Waals surface area contributed by atoms with Crippen molar-refractivity contribution in [3.8, 4) is 5.88 Å². The van der Waals surface area contributed by atoms with Crippen molar-refractivity contribution in [1.29, 1.82) is 0 Å². The molecule has 2 rings (SSSR count). The zero-order chi connectivity index (χ0) is 18.2. The minimum Gasteiger partial charge on any atom is -0.476 e. The lowest BCUT2D eigenvalue weighted by atomic mass is 10.0. The number of aromatic nitrogens is 1. The van der Waals surface area contributed by atoms with E-state index in [9.17, 15) is 14.0 Å². The summed E-state index contributed by atoms with van der Waals surface area (Å²) < 4.78 is 19.3. The Balaban J connectivity index is 2.15. The number of hydrogen-bond acceptors (Lipinski definition) is 4. The fourth-order valence-corrected chi connectivity index (χ4v) is 2.29. The Kier molecular flexibility index (Phi) is 6.27. The highest BCUT2D eigenvalue weighted by molar-refractivity contribution is 5.92. The van der Waals surface area contributed by atoms with E-state index in [4.69, 9.17) is 10.5 Å². The van der Waals surface area contributed by atoms with Gasteiger partial charge >= 0.3 is 6.03 Å². The van der Waals surface area contributed by atoms with Gasteiger partial charge in [0.05, 0.1) is 19.1 Å². The van der Waals surface area contributed by atoms with Gasteiger partial charge in [0, 0.05) is 11.8 Å². The van der Waals surface area contributed by atoms with E-state index in [0.717, 1.165) is 0 Å². The number of carbonyl (C=O) groups is 2. The van der Waals surface area contributed by atoms with Crippen molar-refractivity contribution < 1.29 is 18.7 Å². The average molecular weight is 346 g/mol. The molecule has 8 heteroatoms. The van der Waals surface area contributed by atoms with Gasteiger partial charge in [-0.3, -0.25) is 4.79 Å². The monoisotopic (exact) mass is 346 g/mol. The molecule has 0 spiro atoms. The molecule has 0 unspecified atom stereocenters. The van der Waals surface area contributed by atoms with E-state index in [1.165, 1.54) is 24.4 Å². The Hall–Kier alpha value is -3.16. The fraction of sp³-hybridized carbons (Fsp3) is 0.235. The van der Waals surface area contributed by atoms with Gasteiger partial charge in [0.1, 0.15) is 11.5 Å². The van der Waals surface area contributed by atoms with Crippen LogP contribution in [-0.2, 0) is 4.79 Å². The summed E-state index contributed by atoms with van der Waals surface area (Å²) in [5.74, 6) is -0.704. The number of benzene rings is 1. The zero-order valence-electron chi connectivity index (χ0n) is 13.7. The number of halogens is 1. The molecule has 0 saturated carbocycles. The molecule has 0 aliphatic rings. The van der Waals surface area contributed by atoms with Crippen LogP contribution in [0.4, 0.5) is 14.9 Å². The number of pyridine rings is 1. The van der Waals surface area contributed by atoms with E-state index < -0.39 is 23.8 Å². The summed E-state index contributed by atoms with van der Waals surface area (Å²) in [6.45, 7) is 2.19. The largest absolute Gasteiger partial charge is 0.476 e. The van der Waals surface area contributed by atoms with Gasteiger partial charge in [0.15, 0.2) is 0 Å². The third-order valence-electron chi connectivity index (χ3n) is 3.31. The predicted molar refractivity (Wildman–Crippen MR) is 90.5 cm³/mol. The summed E-state index contributed by atoms with van der Waals surface area (Å²) in [5, 5.41) is 5.03. The molecule has 0 saturated heterocycles. The second-order valence-corrected chi connectivity index (χ2v) is 5.12. The number of hydrogen-bond donors (Lipinski definition) is 3. The molecule has 2 aromatic rings. The van der Waals surface area contributed by atoms with Gasteiger partial charge in [-0.15, -0.1) is 0 Å². The maximum Gasteiger partial charge on any atom is 0.312 e. The molecule has 0 radical (unpaired) electrons. The van der Waals surface area contributed by atoms with Crippen LogP contribution in [0.5, 0.6) is 5.88 Å². The molecule has 3 amide bonds. The van der Waals surface area contributed by atoms with Crippen LogP contribution in [0, 0.1) is 5.82 Å². The molecule has 7 nitrogen and oxygen atoms in total. The number of rotatable bonds is 7. The van der Waals surface area contributed by atoms with Crippen molar-refractivity contribution in [3.05, 3.63) is 54.0 Å². The van der Waals surface area contributed by atoms with Crippen LogP contribution in [0.1, 0.15) is 24.9 Å². The topological polar surface area (TPSA) is 106 Å². The van der Waals surface area contributed by atoms with Crippen LogP contribution < -0.4 is 21.1 Å². The summed E-state index contributed by atoms with van der Waals surface area (Å²) >= 11 is 0. The maximum atomic E-state index is 14.0. The first-order valence-electron chi connectivity index (χ1n) is 7.69. The van der Waals surface area contributed by atoms with Crippen molar-refractivity contribution in [3.63, 3.8) is 0 Å². The first-order valence-corrected chi connectivity index (χ1v) is 7.69. The minimum atomic E-state index is -0.897. The predicted octanol–water partition coefficient (Wildman–Crippen LogP) is 2.36. The van der Waals surface area contributed by atoms with E-state index >= 15 is 0 Å². The molecular formula is C17H19FN4O3. The number of amides is 3. The number of carbonyl (C=O) groups excluding carboxylic acids is 2. The quantitative estimate of drug-likeness (QED) is 0.715. The molecule has 0 aliphatic heterocycles. The third kappa shape index (κ3) is 5.17. The van der Waals surface area contributed by atoms with Crippen LogP contribution in [0.15, 0.2) is 42.6 Å². The highest BCUT2D eigenvalue weighted by Gasteiger charge is 2.21. The van der Waals surface area contributed by atoms with Crippen molar-refractivity contribution in [2.75, 3.05) is 11.9 Å². The van der Waals surface area contributed by atoms with Crippen LogP contribution in [-0.4, -0.2) is 23.5 Å². The standard InChI is InChI=1S/C17H19FN4O3/c1-2-25-16-13(8-5-9-20-16)21-15(23)10-14(22-17(19)24)11-6-3-4-7-12(11)18/h3-9,14H,2,10H2,1H3,(H,21,23)(H3,19,22,24)/t14-/m0/s1. The highest BCUT2D eigenvalue weighted by atomic mass is 19.1. The normalized spacial score (nSPS) is 11.4. The molecule has 0 bridgehead atoms.